The zero-order valence-electron chi connectivity index (χ0n) is 9.56. The van der Waals surface area contributed by atoms with Crippen molar-refractivity contribution in [3.8, 4) is 0 Å². The average Bonchev–Trinajstić information content (AvgIpc) is 2.37. The summed E-state index contributed by atoms with van der Waals surface area (Å²) in [6.07, 6.45) is -4.39. The zero-order chi connectivity index (χ0) is 13.0. The Morgan fingerprint density at radius 3 is 1.78 bits per heavy atom. The number of para-hydroxylation sites is 1. The molecule has 0 fully saturated rings. The van der Waals surface area contributed by atoms with E-state index in [0.29, 0.717) is 10.5 Å². The summed E-state index contributed by atoms with van der Waals surface area (Å²) in [5, 5.41) is 0. The van der Waals surface area contributed by atoms with Crippen LogP contribution in [0.25, 0.3) is 0 Å². The summed E-state index contributed by atoms with van der Waals surface area (Å²) >= 11 is 0. The summed E-state index contributed by atoms with van der Waals surface area (Å²) in [6.45, 7) is -0.186. The van der Waals surface area contributed by atoms with Gasteiger partial charge in [0.25, 0.3) is 0 Å². The molecule has 0 spiro atoms. The van der Waals surface area contributed by atoms with E-state index in [4.69, 9.17) is 0 Å². The van der Waals surface area contributed by atoms with Crippen LogP contribution >= 0.6 is 0 Å². The maximum Gasteiger partial charge on any atom is 0.485 e. The van der Waals surface area contributed by atoms with Crippen molar-refractivity contribution in [2.45, 2.75) is 12.8 Å². The van der Waals surface area contributed by atoms with E-state index in [0.717, 1.165) is 0 Å². The van der Waals surface area contributed by atoms with Crippen molar-refractivity contribution in [2.24, 2.45) is 0 Å². The van der Waals surface area contributed by atoms with Gasteiger partial charge in [0.2, 0.25) is 0 Å². The summed E-state index contributed by atoms with van der Waals surface area (Å²) in [5.74, 6) is 0. The van der Waals surface area contributed by atoms with Gasteiger partial charge in [0.1, 0.15) is 0 Å². The highest BCUT2D eigenvalue weighted by Gasteiger charge is 2.37. The fourth-order valence-electron chi connectivity index (χ4n) is 1.70. The van der Waals surface area contributed by atoms with Crippen molar-refractivity contribution in [3.63, 3.8) is 0 Å². The fraction of sp³-hybridized carbons (Fsp3) is 0.143. The molecule has 0 radical (unpaired) electrons. The van der Waals surface area contributed by atoms with Gasteiger partial charge in [0, 0.05) is 5.69 Å². The molecular formula is C14H12F3N. The molecule has 1 nitrogen and oxygen atoms in total. The largest absolute Gasteiger partial charge is 0.485 e. The Hall–Kier alpha value is -1.97. The van der Waals surface area contributed by atoms with Gasteiger partial charge in [-0.05, 0) is 17.7 Å². The van der Waals surface area contributed by atoms with Crippen LogP contribution in [0.15, 0.2) is 60.7 Å². The van der Waals surface area contributed by atoms with Crippen molar-refractivity contribution in [3.05, 3.63) is 66.2 Å². The maximum atomic E-state index is 13.0. The second-order valence-corrected chi connectivity index (χ2v) is 3.88. The van der Waals surface area contributed by atoms with Crippen molar-refractivity contribution in [1.29, 1.82) is 0 Å². The van der Waals surface area contributed by atoms with Gasteiger partial charge < -0.3 is 0 Å². The minimum atomic E-state index is -4.39. The Balaban J connectivity index is 2.28. The molecule has 0 aromatic heterocycles. The summed E-state index contributed by atoms with van der Waals surface area (Å²) in [6, 6.07) is 16.4. The van der Waals surface area contributed by atoms with Crippen LogP contribution in [0.3, 0.4) is 0 Å². The number of halogens is 3. The second-order valence-electron chi connectivity index (χ2n) is 3.88. The third-order valence-corrected chi connectivity index (χ3v) is 2.56. The first-order chi connectivity index (χ1) is 8.57. The van der Waals surface area contributed by atoms with E-state index in [2.05, 4.69) is 0 Å². The molecule has 0 heterocycles. The minimum Gasteiger partial charge on any atom is -0.280 e. The summed E-state index contributed by atoms with van der Waals surface area (Å²) in [4.78, 5) is 0.433. The maximum absolute atomic E-state index is 13.0. The topological polar surface area (TPSA) is 3.24 Å². The molecule has 0 saturated heterocycles. The zero-order valence-corrected chi connectivity index (χ0v) is 9.56. The van der Waals surface area contributed by atoms with Gasteiger partial charge in [-0.1, -0.05) is 48.5 Å². The lowest BCUT2D eigenvalue weighted by atomic mass is 10.2. The molecule has 2 aromatic rings. The number of hydrogen-bond acceptors (Lipinski definition) is 1. The van der Waals surface area contributed by atoms with Crippen molar-refractivity contribution in [1.82, 2.24) is 0 Å². The molecule has 0 bridgehead atoms. The highest BCUT2D eigenvalue weighted by molar-refractivity contribution is 5.47. The van der Waals surface area contributed by atoms with Gasteiger partial charge in [-0.3, -0.25) is 4.90 Å². The van der Waals surface area contributed by atoms with Gasteiger partial charge in [0.05, 0.1) is 6.54 Å². The molecule has 18 heavy (non-hydrogen) atoms. The molecule has 0 atom stereocenters. The summed E-state index contributed by atoms with van der Waals surface area (Å²) in [5.41, 5.74) is 0.771. The van der Waals surface area contributed by atoms with Crippen molar-refractivity contribution < 1.29 is 13.2 Å². The van der Waals surface area contributed by atoms with E-state index in [1.807, 2.05) is 0 Å². The normalized spacial score (nSPS) is 11.3. The molecule has 0 amide bonds. The number of nitrogens with zero attached hydrogens (tertiary/aromatic N) is 1. The number of rotatable bonds is 3. The van der Waals surface area contributed by atoms with Crippen LogP contribution < -0.4 is 4.90 Å². The van der Waals surface area contributed by atoms with E-state index in [-0.39, 0.29) is 12.2 Å². The number of alkyl halides is 3. The molecule has 0 aliphatic heterocycles. The predicted octanol–water partition coefficient (Wildman–Crippen LogP) is 4.21. The van der Waals surface area contributed by atoms with E-state index >= 15 is 0 Å². The molecule has 0 aliphatic rings. The molecule has 2 aromatic carbocycles. The van der Waals surface area contributed by atoms with Crippen LogP contribution in [0, 0.1) is 0 Å². The van der Waals surface area contributed by atoms with Crippen LogP contribution in [-0.2, 0) is 6.54 Å². The summed E-state index contributed by atoms with van der Waals surface area (Å²) < 4.78 is 39.1. The first-order valence-corrected chi connectivity index (χ1v) is 5.51. The molecule has 94 valence electrons. The van der Waals surface area contributed by atoms with Crippen LogP contribution in [0.5, 0.6) is 0 Å². The lowest BCUT2D eigenvalue weighted by Gasteiger charge is -2.27. The van der Waals surface area contributed by atoms with Gasteiger partial charge in [-0.25, -0.2) is 0 Å². The first kappa shape index (κ1) is 12.5. The van der Waals surface area contributed by atoms with Crippen LogP contribution in [0.4, 0.5) is 18.9 Å². The third-order valence-electron chi connectivity index (χ3n) is 2.56. The van der Waals surface area contributed by atoms with E-state index in [1.165, 1.54) is 12.1 Å². The molecule has 0 unspecified atom stereocenters. The van der Waals surface area contributed by atoms with Crippen LogP contribution in [0.2, 0.25) is 0 Å². The van der Waals surface area contributed by atoms with Crippen molar-refractivity contribution in [2.75, 3.05) is 4.90 Å². The summed E-state index contributed by atoms with van der Waals surface area (Å²) in [7, 11) is 0. The fourth-order valence-corrected chi connectivity index (χ4v) is 1.70. The Morgan fingerprint density at radius 2 is 1.28 bits per heavy atom. The molecule has 2 rings (SSSR count). The van der Waals surface area contributed by atoms with Gasteiger partial charge in [-0.15, -0.1) is 0 Å². The number of anilines is 1. The van der Waals surface area contributed by atoms with Crippen LogP contribution in [-0.4, -0.2) is 6.30 Å². The molecule has 0 N–H and O–H groups in total. The van der Waals surface area contributed by atoms with Crippen molar-refractivity contribution >= 4 is 5.69 Å². The quantitative estimate of drug-likeness (QED) is 0.738. The Bertz CT molecular complexity index is 479. The lowest BCUT2D eigenvalue weighted by Crippen LogP contribution is -2.37. The van der Waals surface area contributed by atoms with Gasteiger partial charge >= 0.3 is 6.30 Å². The van der Waals surface area contributed by atoms with E-state index < -0.39 is 6.30 Å². The smallest absolute Gasteiger partial charge is 0.280 e. The molecule has 0 aliphatic carbocycles. The third kappa shape index (κ3) is 3.03. The molecule has 0 saturated carbocycles. The Morgan fingerprint density at radius 1 is 0.778 bits per heavy atom. The molecule has 4 heteroatoms. The van der Waals surface area contributed by atoms with E-state index in [9.17, 15) is 13.2 Å². The monoisotopic (exact) mass is 251 g/mol. The minimum absolute atomic E-state index is 0.147. The van der Waals surface area contributed by atoms with Crippen LogP contribution in [0.1, 0.15) is 5.56 Å². The van der Waals surface area contributed by atoms with Gasteiger partial charge in [0.15, 0.2) is 0 Å². The number of hydrogen-bond donors (Lipinski definition) is 0. The molecular weight excluding hydrogens is 239 g/mol. The van der Waals surface area contributed by atoms with E-state index in [1.54, 1.807) is 48.5 Å². The van der Waals surface area contributed by atoms with Gasteiger partial charge in [-0.2, -0.15) is 13.2 Å². The Labute approximate surface area is 103 Å². The Kier molecular flexibility index (Phi) is 3.55. The lowest BCUT2D eigenvalue weighted by molar-refractivity contribution is -0.130. The standard InChI is InChI=1S/C14H12F3N/c15-14(16,17)18(13-9-5-2-6-10-13)11-12-7-3-1-4-8-12/h1-10H,11H2. The second kappa shape index (κ2) is 5.12. The highest BCUT2D eigenvalue weighted by atomic mass is 19.4. The predicted molar refractivity (Wildman–Crippen MR) is 65.1 cm³/mol. The highest BCUT2D eigenvalue weighted by Crippen LogP contribution is 2.29. The average molecular weight is 251 g/mol. The first-order valence-electron chi connectivity index (χ1n) is 5.51. The SMILES string of the molecule is FC(F)(F)N(Cc1ccccc1)c1ccccc1. The number of benzene rings is 2.